The Balaban J connectivity index is 2.04. The van der Waals surface area contributed by atoms with Crippen LogP contribution >= 0.6 is 0 Å². The van der Waals surface area contributed by atoms with E-state index >= 15 is 0 Å². The van der Waals surface area contributed by atoms with Crippen LogP contribution in [0.1, 0.15) is 44.7 Å². The molecule has 1 aliphatic rings. The van der Waals surface area contributed by atoms with Crippen molar-refractivity contribution < 1.29 is 19.5 Å². The lowest BCUT2D eigenvalue weighted by atomic mass is 10.0. The smallest absolute Gasteiger partial charge is 0.330 e. The number of carbonyl (C=O) groups excluding carboxylic acids is 2. The number of amides is 2. The van der Waals surface area contributed by atoms with E-state index in [-0.39, 0.29) is 24.3 Å². The van der Waals surface area contributed by atoms with E-state index in [4.69, 9.17) is 0 Å². The fourth-order valence-electron chi connectivity index (χ4n) is 3.10. The number of benzene rings is 1. The van der Waals surface area contributed by atoms with Gasteiger partial charge in [-0.1, -0.05) is 43.7 Å². The van der Waals surface area contributed by atoms with E-state index in [1.807, 2.05) is 6.92 Å². The quantitative estimate of drug-likeness (QED) is 0.799. The maximum atomic E-state index is 12.5. The zero-order chi connectivity index (χ0) is 17.7. The summed E-state index contributed by atoms with van der Waals surface area (Å²) in [5.74, 6) is -2.04. The van der Waals surface area contributed by atoms with E-state index in [0.717, 1.165) is 12.8 Å². The summed E-state index contributed by atoms with van der Waals surface area (Å²) >= 11 is 0. The molecule has 2 amide bonds. The second-order valence-electron chi connectivity index (χ2n) is 6.28. The first-order valence-electron chi connectivity index (χ1n) is 8.31. The van der Waals surface area contributed by atoms with Crippen LogP contribution in [0.15, 0.2) is 30.3 Å². The second kappa shape index (κ2) is 7.95. The summed E-state index contributed by atoms with van der Waals surface area (Å²) in [5, 5.41) is 12.0. The van der Waals surface area contributed by atoms with Crippen molar-refractivity contribution in [2.45, 2.75) is 45.2 Å². The van der Waals surface area contributed by atoms with Crippen LogP contribution < -0.4 is 5.32 Å². The SMILES string of the molecule is CCCC(C)N1CC(C(=O)N[C@H](C(=O)O)c2ccccc2)CC1=O. The maximum Gasteiger partial charge on any atom is 0.330 e. The summed E-state index contributed by atoms with van der Waals surface area (Å²) in [6.07, 6.45) is 2.00. The molecule has 0 aliphatic carbocycles. The van der Waals surface area contributed by atoms with Crippen LogP contribution in [-0.2, 0) is 14.4 Å². The number of hydrogen-bond donors (Lipinski definition) is 2. The fraction of sp³-hybridized carbons (Fsp3) is 0.500. The molecule has 0 aromatic heterocycles. The number of carbonyl (C=O) groups is 3. The topological polar surface area (TPSA) is 86.7 Å². The van der Waals surface area contributed by atoms with Crippen LogP contribution in [0.5, 0.6) is 0 Å². The Kier molecular flexibility index (Phi) is 5.95. The monoisotopic (exact) mass is 332 g/mol. The minimum absolute atomic E-state index is 0.0392. The van der Waals surface area contributed by atoms with Gasteiger partial charge < -0.3 is 15.3 Å². The van der Waals surface area contributed by atoms with Gasteiger partial charge in [-0.15, -0.1) is 0 Å². The van der Waals surface area contributed by atoms with Crippen molar-refractivity contribution in [2.24, 2.45) is 5.92 Å². The highest BCUT2D eigenvalue weighted by Crippen LogP contribution is 2.23. The molecule has 0 spiro atoms. The number of hydrogen-bond acceptors (Lipinski definition) is 3. The van der Waals surface area contributed by atoms with Gasteiger partial charge in [0.05, 0.1) is 5.92 Å². The predicted molar refractivity (Wildman–Crippen MR) is 89.2 cm³/mol. The minimum Gasteiger partial charge on any atom is -0.479 e. The molecule has 2 N–H and O–H groups in total. The van der Waals surface area contributed by atoms with Gasteiger partial charge in [0.1, 0.15) is 0 Å². The number of carboxylic acid groups (broad SMARTS) is 1. The predicted octanol–water partition coefficient (Wildman–Crippen LogP) is 1.97. The standard InChI is InChI=1S/C18H24N2O4/c1-3-7-12(2)20-11-14(10-15(20)21)17(22)19-16(18(23)24)13-8-5-4-6-9-13/h4-6,8-9,12,14,16H,3,7,10-11H2,1-2H3,(H,19,22)(H,23,24)/t12?,14?,16-/m0/s1. The van der Waals surface area contributed by atoms with Gasteiger partial charge in [-0.3, -0.25) is 9.59 Å². The summed E-state index contributed by atoms with van der Waals surface area (Å²) in [4.78, 5) is 37.8. The lowest BCUT2D eigenvalue weighted by Crippen LogP contribution is -2.39. The zero-order valence-electron chi connectivity index (χ0n) is 14.1. The molecular weight excluding hydrogens is 308 g/mol. The van der Waals surface area contributed by atoms with Gasteiger partial charge >= 0.3 is 5.97 Å². The van der Waals surface area contributed by atoms with Crippen LogP contribution in [0.4, 0.5) is 0 Å². The molecule has 1 saturated heterocycles. The first-order chi connectivity index (χ1) is 11.4. The largest absolute Gasteiger partial charge is 0.479 e. The van der Waals surface area contributed by atoms with Crippen molar-refractivity contribution in [2.75, 3.05) is 6.54 Å². The molecule has 1 aromatic rings. The molecule has 0 saturated carbocycles. The van der Waals surface area contributed by atoms with E-state index in [2.05, 4.69) is 12.2 Å². The number of aliphatic carboxylic acids is 1. The van der Waals surface area contributed by atoms with Gasteiger partial charge in [-0.05, 0) is 18.9 Å². The van der Waals surface area contributed by atoms with Crippen molar-refractivity contribution in [1.82, 2.24) is 10.2 Å². The lowest BCUT2D eigenvalue weighted by Gasteiger charge is -2.24. The first-order valence-corrected chi connectivity index (χ1v) is 8.31. The molecule has 6 heteroatoms. The highest BCUT2D eigenvalue weighted by atomic mass is 16.4. The number of rotatable bonds is 7. The van der Waals surface area contributed by atoms with Crippen molar-refractivity contribution >= 4 is 17.8 Å². The van der Waals surface area contributed by atoms with Crippen molar-refractivity contribution in [3.05, 3.63) is 35.9 Å². The molecule has 24 heavy (non-hydrogen) atoms. The number of nitrogens with zero attached hydrogens (tertiary/aromatic N) is 1. The van der Waals surface area contributed by atoms with Crippen molar-refractivity contribution in [3.63, 3.8) is 0 Å². The third kappa shape index (κ3) is 4.13. The molecule has 3 atom stereocenters. The molecule has 1 heterocycles. The average molecular weight is 332 g/mol. The van der Waals surface area contributed by atoms with E-state index in [0.29, 0.717) is 12.1 Å². The first kappa shape index (κ1) is 18.0. The summed E-state index contributed by atoms with van der Waals surface area (Å²) in [6, 6.07) is 7.56. The average Bonchev–Trinajstić information content (AvgIpc) is 2.95. The highest BCUT2D eigenvalue weighted by Gasteiger charge is 2.37. The van der Waals surface area contributed by atoms with E-state index < -0.39 is 17.9 Å². The summed E-state index contributed by atoms with van der Waals surface area (Å²) in [7, 11) is 0. The van der Waals surface area contributed by atoms with E-state index in [1.165, 1.54) is 0 Å². The Morgan fingerprint density at radius 2 is 2.00 bits per heavy atom. The number of carboxylic acids is 1. The second-order valence-corrected chi connectivity index (χ2v) is 6.28. The number of nitrogens with one attached hydrogen (secondary N) is 1. The number of likely N-dealkylation sites (tertiary alicyclic amines) is 1. The molecule has 1 aromatic carbocycles. The van der Waals surface area contributed by atoms with Gasteiger partial charge in [-0.2, -0.15) is 0 Å². The van der Waals surface area contributed by atoms with Gasteiger partial charge in [0.25, 0.3) is 0 Å². The zero-order valence-corrected chi connectivity index (χ0v) is 14.1. The van der Waals surface area contributed by atoms with E-state index in [9.17, 15) is 19.5 Å². The van der Waals surface area contributed by atoms with Crippen LogP contribution in [0.3, 0.4) is 0 Å². The molecule has 6 nitrogen and oxygen atoms in total. The molecule has 1 fully saturated rings. The molecule has 0 bridgehead atoms. The van der Waals surface area contributed by atoms with Crippen LogP contribution in [0.25, 0.3) is 0 Å². The lowest BCUT2D eigenvalue weighted by molar-refractivity contribution is -0.142. The van der Waals surface area contributed by atoms with Crippen LogP contribution in [0.2, 0.25) is 0 Å². The fourth-order valence-corrected chi connectivity index (χ4v) is 3.10. The molecule has 2 rings (SSSR count). The third-order valence-corrected chi connectivity index (χ3v) is 4.43. The van der Waals surface area contributed by atoms with Crippen LogP contribution in [-0.4, -0.2) is 40.4 Å². The Morgan fingerprint density at radius 1 is 1.33 bits per heavy atom. The minimum atomic E-state index is -1.12. The Labute approximate surface area is 141 Å². The van der Waals surface area contributed by atoms with Gasteiger partial charge in [0, 0.05) is 19.0 Å². The van der Waals surface area contributed by atoms with Crippen molar-refractivity contribution in [1.29, 1.82) is 0 Å². The Bertz CT molecular complexity index is 602. The molecule has 0 radical (unpaired) electrons. The van der Waals surface area contributed by atoms with Gasteiger partial charge in [-0.25, -0.2) is 4.79 Å². The summed E-state index contributed by atoms with van der Waals surface area (Å²) in [5.41, 5.74) is 0.513. The molecular formula is C18H24N2O4. The van der Waals surface area contributed by atoms with E-state index in [1.54, 1.807) is 35.2 Å². The summed E-state index contributed by atoms with van der Waals surface area (Å²) in [6.45, 7) is 4.39. The molecule has 1 aliphatic heterocycles. The Morgan fingerprint density at radius 3 is 2.58 bits per heavy atom. The normalized spacial score (nSPS) is 19.8. The molecule has 130 valence electrons. The van der Waals surface area contributed by atoms with Gasteiger partial charge in [0.2, 0.25) is 11.8 Å². The highest BCUT2D eigenvalue weighted by molar-refractivity contribution is 5.91. The maximum absolute atomic E-state index is 12.5. The third-order valence-electron chi connectivity index (χ3n) is 4.43. The summed E-state index contributed by atoms with van der Waals surface area (Å²) < 4.78 is 0. The molecule has 2 unspecified atom stereocenters. The van der Waals surface area contributed by atoms with Crippen molar-refractivity contribution in [3.8, 4) is 0 Å². The van der Waals surface area contributed by atoms with Crippen LogP contribution in [0, 0.1) is 5.92 Å². The van der Waals surface area contributed by atoms with Gasteiger partial charge in [0.15, 0.2) is 6.04 Å². The Hall–Kier alpha value is -2.37.